The summed E-state index contributed by atoms with van der Waals surface area (Å²) in [4.78, 5) is 0. The molecule has 0 amide bonds. The van der Waals surface area contributed by atoms with E-state index in [1.54, 1.807) is 6.07 Å². The van der Waals surface area contributed by atoms with E-state index in [4.69, 9.17) is 4.52 Å². The molecule has 0 fully saturated rings. The monoisotopic (exact) mass is 180 g/mol. The molecule has 0 N–H and O–H groups in total. The van der Waals surface area contributed by atoms with Crippen LogP contribution in [0.4, 0.5) is 0 Å². The molecule has 0 saturated carbocycles. The van der Waals surface area contributed by atoms with Crippen LogP contribution in [0.1, 0.15) is 8.42 Å². The molecular weight excluding hydrogens is 171 g/mol. The molecule has 0 aliphatic carbocycles. The molecule has 0 atom stereocenters. The number of rotatable bonds is 2. The minimum Gasteiger partial charge on any atom is -1.00 e. The molecule has 11 heavy (non-hydrogen) atoms. The molecule has 0 aliphatic rings. The van der Waals surface area contributed by atoms with Gasteiger partial charge in [0.05, 0.1) is 0 Å². The summed E-state index contributed by atoms with van der Waals surface area (Å²) in [5.74, 6) is 0.666. The summed E-state index contributed by atoms with van der Waals surface area (Å²) in [6.07, 6.45) is 0. The molecule has 0 aliphatic heterocycles. The molecular formula is C7H9MgO2P. The zero-order valence-electron chi connectivity index (χ0n) is 8.28. The van der Waals surface area contributed by atoms with Crippen molar-refractivity contribution in [3.63, 3.8) is 0 Å². The summed E-state index contributed by atoms with van der Waals surface area (Å²) in [6, 6.07) is 7.43. The van der Waals surface area contributed by atoms with E-state index in [9.17, 15) is 4.57 Å². The van der Waals surface area contributed by atoms with E-state index in [2.05, 4.69) is 0 Å². The Hall–Kier alpha value is -0.114. The van der Waals surface area contributed by atoms with Crippen LogP contribution in [0.25, 0.3) is 0 Å². The fraction of sp³-hybridized carbons (Fsp3) is 0.143. The minimum atomic E-state index is -0.300. The number of hydrogen-bond acceptors (Lipinski definition) is 2. The predicted molar refractivity (Wildman–Crippen MR) is 47.4 cm³/mol. The van der Waals surface area contributed by atoms with Gasteiger partial charge >= 0.3 is 31.7 Å². The summed E-state index contributed by atoms with van der Waals surface area (Å²) >= 11 is 0. The van der Waals surface area contributed by atoms with Crippen LogP contribution in [0.5, 0.6) is 5.75 Å². The first-order valence-electron chi connectivity index (χ1n) is 2.90. The van der Waals surface area contributed by atoms with Crippen LogP contribution in [-0.4, -0.2) is 23.1 Å². The molecule has 4 heteroatoms. The second-order valence-corrected chi connectivity index (χ2v) is 2.26. The van der Waals surface area contributed by atoms with Crippen molar-refractivity contribution in [1.82, 2.24) is 0 Å². The van der Waals surface area contributed by atoms with Gasteiger partial charge in [-0.15, -0.1) is 0 Å². The Balaban J connectivity index is -0.000000333. The largest absolute Gasteiger partial charge is 2.00 e. The first-order valence-corrected chi connectivity index (χ1v) is 3.63. The third-order valence-corrected chi connectivity index (χ3v) is 1.50. The van der Waals surface area contributed by atoms with Gasteiger partial charge in [0.15, 0.2) is 0 Å². The predicted octanol–water partition coefficient (Wildman–Crippen LogP) is 2.42. The standard InChI is InChI=1S/C7H7O2P.Mg.2H/c1-6-4-2-3-5-7(6)9-10-8;;;/h2-5H,1H3;;;/q;+2;2*-1. The number of benzene rings is 1. The molecule has 0 aromatic heterocycles. The molecule has 56 valence electrons. The van der Waals surface area contributed by atoms with Crippen molar-refractivity contribution in [2.24, 2.45) is 0 Å². The zero-order chi connectivity index (χ0) is 7.40. The number of hydrogen-bond donors (Lipinski definition) is 0. The molecule has 0 radical (unpaired) electrons. The van der Waals surface area contributed by atoms with E-state index in [1.807, 2.05) is 25.1 Å². The summed E-state index contributed by atoms with van der Waals surface area (Å²) in [7, 11) is -0.300. The molecule has 1 rings (SSSR count). The van der Waals surface area contributed by atoms with Crippen LogP contribution < -0.4 is 4.52 Å². The van der Waals surface area contributed by atoms with Crippen LogP contribution in [-0.2, 0) is 4.57 Å². The number of aryl methyl sites for hydroxylation is 1. The smallest absolute Gasteiger partial charge is 1.00 e. The summed E-state index contributed by atoms with van der Waals surface area (Å²) < 4.78 is 14.8. The van der Waals surface area contributed by atoms with Crippen molar-refractivity contribution < 1.29 is 11.9 Å². The summed E-state index contributed by atoms with van der Waals surface area (Å²) in [6.45, 7) is 1.90. The Labute approximate surface area is 86.4 Å². The van der Waals surface area contributed by atoms with E-state index < -0.39 is 0 Å². The van der Waals surface area contributed by atoms with Crippen molar-refractivity contribution in [2.45, 2.75) is 6.92 Å². The van der Waals surface area contributed by atoms with E-state index in [0.29, 0.717) is 5.75 Å². The van der Waals surface area contributed by atoms with E-state index in [0.717, 1.165) is 5.56 Å². The van der Waals surface area contributed by atoms with Crippen molar-refractivity contribution >= 4 is 31.7 Å². The van der Waals surface area contributed by atoms with Gasteiger partial charge in [0.2, 0.25) is 0 Å². The Morgan fingerprint density at radius 3 is 2.64 bits per heavy atom. The summed E-state index contributed by atoms with van der Waals surface area (Å²) in [5.41, 5.74) is 0.992. The molecule has 0 saturated heterocycles. The topological polar surface area (TPSA) is 26.3 Å². The van der Waals surface area contributed by atoms with Gasteiger partial charge in [-0.1, -0.05) is 18.2 Å². The zero-order valence-corrected chi connectivity index (χ0v) is 8.59. The number of para-hydroxylation sites is 1. The van der Waals surface area contributed by atoms with Gasteiger partial charge in [-0.05, 0) is 18.6 Å². The van der Waals surface area contributed by atoms with Crippen LogP contribution in [0.15, 0.2) is 24.3 Å². The van der Waals surface area contributed by atoms with Gasteiger partial charge in [0.1, 0.15) is 5.75 Å². The molecule has 0 spiro atoms. The molecule has 0 heterocycles. The molecule has 1 aromatic rings. The second kappa shape index (κ2) is 5.53. The maximum atomic E-state index is 10.0. The molecule has 0 unspecified atom stereocenters. The Morgan fingerprint density at radius 2 is 2.09 bits per heavy atom. The third-order valence-electron chi connectivity index (χ3n) is 1.23. The van der Waals surface area contributed by atoms with E-state index in [-0.39, 0.29) is 34.6 Å². The fourth-order valence-electron chi connectivity index (χ4n) is 0.699. The molecule has 1 aromatic carbocycles. The molecule has 0 bridgehead atoms. The Morgan fingerprint density at radius 1 is 1.45 bits per heavy atom. The maximum Gasteiger partial charge on any atom is 2.00 e. The Kier molecular flexibility index (Phi) is 5.47. The van der Waals surface area contributed by atoms with Gasteiger partial charge in [0, 0.05) is 0 Å². The van der Waals surface area contributed by atoms with Gasteiger partial charge in [-0.2, -0.15) is 0 Å². The third kappa shape index (κ3) is 3.19. The van der Waals surface area contributed by atoms with E-state index in [1.165, 1.54) is 0 Å². The molecule has 2 nitrogen and oxygen atoms in total. The summed E-state index contributed by atoms with van der Waals surface area (Å²) in [5, 5.41) is 0. The fourth-order valence-corrected chi connectivity index (χ4v) is 0.984. The van der Waals surface area contributed by atoms with Crippen LogP contribution >= 0.6 is 8.69 Å². The first-order chi connectivity index (χ1) is 4.84. The quantitative estimate of drug-likeness (QED) is 0.516. The van der Waals surface area contributed by atoms with Crippen molar-refractivity contribution in [2.75, 3.05) is 0 Å². The van der Waals surface area contributed by atoms with Gasteiger partial charge in [-0.25, -0.2) is 4.57 Å². The minimum absolute atomic E-state index is 0. The van der Waals surface area contributed by atoms with Gasteiger partial charge in [0.25, 0.3) is 0 Å². The van der Waals surface area contributed by atoms with Gasteiger partial charge < -0.3 is 7.38 Å². The van der Waals surface area contributed by atoms with Crippen molar-refractivity contribution in [1.29, 1.82) is 0 Å². The normalized spacial score (nSPS) is 8.82. The van der Waals surface area contributed by atoms with Crippen LogP contribution in [0, 0.1) is 6.92 Å². The van der Waals surface area contributed by atoms with Crippen molar-refractivity contribution in [3.05, 3.63) is 29.8 Å². The van der Waals surface area contributed by atoms with Crippen LogP contribution in [0.2, 0.25) is 0 Å². The van der Waals surface area contributed by atoms with E-state index >= 15 is 0 Å². The average molecular weight is 180 g/mol. The SMILES string of the molecule is Cc1ccccc1OP=O.[H-].[H-].[Mg+2]. The maximum absolute atomic E-state index is 10.0. The first kappa shape index (κ1) is 10.9. The Bertz CT molecular complexity index is 248. The second-order valence-electron chi connectivity index (χ2n) is 1.93. The van der Waals surface area contributed by atoms with Crippen LogP contribution in [0.3, 0.4) is 0 Å². The average Bonchev–Trinajstić information content (AvgIpc) is 1.94. The van der Waals surface area contributed by atoms with Gasteiger partial charge in [-0.3, -0.25) is 0 Å². The van der Waals surface area contributed by atoms with Crippen molar-refractivity contribution in [3.8, 4) is 5.75 Å².